The summed E-state index contributed by atoms with van der Waals surface area (Å²) in [5.41, 5.74) is -0.522. The second-order valence-corrected chi connectivity index (χ2v) is 7.62. The molecule has 0 unspecified atom stereocenters. The van der Waals surface area contributed by atoms with E-state index in [1.807, 2.05) is 0 Å². The van der Waals surface area contributed by atoms with Crippen molar-refractivity contribution >= 4 is 33.1 Å². The van der Waals surface area contributed by atoms with Crippen LogP contribution in [-0.4, -0.2) is 15.2 Å². The van der Waals surface area contributed by atoms with Crippen LogP contribution in [0, 0.1) is 0 Å². The van der Waals surface area contributed by atoms with Crippen molar-refractivity contribution in [3.63, 3.8) is 0 Å². The number of halogens is 4. The highest BCUT2D eigenvalue weighted by Crippen LogP contribution is 2.31. The molecule has 19 heavy (non-hydrogen) atoms. The van der Waals surface area contributed by atoms with Gasteiger partial charge < -0.3 is 0 Å². The maximum absolute atomic E-state index is 12.6. The molecule has 7 heteroatoms. The Morgan fingerprint density at radius 3 is 2.32 bits per heavy atom. The molecule has 0 saturated heterocycles. The predicted molar refractivity (Wildman–Crippen MR) is 74.6 cm³/mol. The van der Waals surface area contributed by atoms with Gasteiger partial charge in [-0.2, -0.15) is 17.6 Å². The summed E-state index contributed by atoms with van der Waals surface area (Å²) >= 11 is 3.14. The molecule has 0 amide bonds. The van der Waals surface area contributed by atoms with Crippen LogP contribution in [-0.2, 0) is 17.2 Å². The molecule has 2 nitrogen and oxygen atoms in total. The average Bonchev–Trinajstić information content (AvgIpc) is 2.24. The topological polar surface area (TPSA) is 29.4 Å². The maximum atomic E-state index is 12.6. The molecule has 0 aromatic heterocycles. The molecule has 0 heterocycles. The number of rotatable bonds is 2. The molecule has 106 valence electrons. The minimum absolute atomic E-state index is 0.243. The van der Waals surface area contributed by atoms with Gasteiger partial charge in [-0.15, -0.1) is 0 Å². The molecule has 0 radical (unpaired) electrons. The summed E-state index contributed by atoms with van der Waals surface area (Å²) in [5.74, 6) is 0. The van der Waals surface area contributed by atoms with Crippen LogP contribution in [0.15, 0.2) is 27.1 Å². The van der Waals surface area contributed by atoms with Gasteiger partial charge >= 0.3 is 6.18 Å². The highest BCUT2D eigenvalue weighted by molar-refractivity contribution is 9.10. The van der Waals surface area contributed by atoms with Gasteiger partial charge in [-0.05, 0) is 39.0 Å². The summed E-state index contributed by atoms with van der Waals surface area (Å²) in [6.07, 6.45) is -3.22. The SMILES string of the molecule is CC(C)(C)[S@@](=O)N=Cc1cc(C(F)(F)F)ccc1Br. The Hall–Kier alpha value is -0.690. The molecule has 0 N–H and O–H groups in total. The van der Waals surface area contributed by atoms with E-state index in [1.165, 1.54) is 12.3 Å². The van der Waals surface area contributed by atoms with Crippen LogP contribution in [0.2, 0.25) is 0 Å². The van der Waals surface area contributed by atoms with E-state index in [-0.39, 0.29) is 5.56 Å². The van der Waals surface area contributed by atoms with Crippen LogP contribution in [0.1, 0.15) is 31.9 Å². The molecule has 0 fully saturated rings. The Labute approximate surface area is 120 Å². The van der Waals surface area contributed by atoms with Gasteiger partial charge in [0.25, 0.3) is 0 Å². The van der Waals surface area contributed by atoms with Gasteiger partial charge in [0, 0.05) is 16.3 Å². The van der Waals surface area contributed by atoms with Crippen molar-refractivity contribution in [3.8, 4) is 0 Å². The molecule has 1 aromatic carbocycles. The number of hydrogen-bond acceptors (Lipinski definition) is 1. The van der Waals surface area contributed by atoms with Gasteiger partial charge in [-0.1, -0.05) is 15.9 Å². The zero-order valence-corrected chi connectivity index (χ0v) is 13.0. The van der Waals surface area contributed by atoms with E-state index in [0.29, 0.717) is 4.47 Å². The van der Waals surface area contributed by atoms with Gasteiger partial charge in [0.2, 0.25) is 0 Å². The summed E-state index contributed by atoms with van der Waals surface area (Å²) in [6.45, 7) is 5.21. The quantitative estimate of drug-likeness (QED) is 0.725. The lowest BCUT2D eigenvalue weighted by atomic mass is 10.1. The fraction of sp³-hybridized carbons (Fsp3) is 0.417. The lowest BCUT2D eigenvalue weighted by Gasteiger charge is -2.13. The van der Waals surface area contributed by atoms with E-state index in [4.69, 9.17) is 0 Å². The normalized spacial score (nSPS) is 14.9. The second-order valence-electron chi connectivity index (χ2n) is 4.83. The fourth-order valence-corrected chi connectivity index (χ4v) is 1.96. The molecule has 1 aromatic rings. The molecular weight excluding hydrogens is 343 g/mol. The first-order chi connectivity index (χ1) is 8.51. The third kappa shape index (κ3) is 4.72. The summed E-state index contributed by atoms with van der Waals surface area (Å²) < 4.78 is 53.1. The third-order valence-corrected chi connectivity index (χ3v) is 4.20. The van der Waals surface area contributed by atoms with E-state index < -0.39 is 27.5 Å². The maximum Gasteiger partial charge on any atom is 0.416 e. The summed E-state index contributed by atoms with van der Waals surface area (Å²) in [5, 5.41) is 0. The number of alkyl halides is 3. The highest BCUT2D eigenvalue weighted by atomic mass is 79.9. The Kier molecular flexibility index (Phi) is 4.95. The number of benzene rings is 1. The molecule has 0 aliphatic rings. The monoisotopic (exact) mass is 355 g/mol. The van der Waals surface area contributed by atoms with Crippen LogP contribution in [0.3, 0.4) is 0 Å². The molecule has 0 aliphatic heterocycles. The first-order valence-electron chi connectivity index (χ1n) is 5.34. The summed E-state index contributed by atoms with van der Waals surface area (Å²) in [7, 11) is -1.51. The first-order valence-corrected chi connectivity index (χ1v) is 7.24. The Balaban J connectivity index is 3.08. The molecule has 1 rings (SSSR count). The number of hydrogen-bond donors (Lipinski definition) is 0. The van der Waals surface area contributed by atoms with E-state index in [1.54, 1.807) is 20.8 Å². The Morgan fingerprint density at radius 2 is 1.84 bits per heavy atom. The van der Waals surface area contributed by atoms with Gasteiger partial charge in [0.05, 0.1) is 10.3 Å². The van der Waals surface area contributed by atoms with Crippen molar-refractivity contribution in [2.75, 3.05) is 0 Å². The summed E-state index contributed by atoms with van der Waals surface area (Å²) in [6, 6.07) is 3.24. The molecule has 0 aliphatic carbocycles. The first kappa shape index (κ1) is 16.4. The Bertz CT molecular complexity index is 521. The van der Waals surface area contributed by atoms with Crippen molar-refractivity contribution in [3.05, 3.63) is 33.8 Å². The molecule has 1 atom stereocenters. The number of nitrogens with zero attached hydrogens (tertiary/aromatic N) is 1. The van der Waals surface area contributed by atoms with E-state index in [9.17, 15) is 17.4 Å². The van der Waals surface area contributed by atoms with E-state index >= 15 is 0 Å². The minimum atomic E-state index is -4.41. The Morgan fingerprint density at radius 1 is 1.26 bits per heavy atom. The van der Waals surface area contributed by atoms with Crippen molar-refractivity contribution in [2.24, 2.45) is 4.40 Å². The van der Waals surface area contributed by atoms with E-state index in [0.717, 1.165) is 12.1 Å². The largest absolute Gasteiger partial charge is 0.416 e. The predicted octanol–water partition coefficient (Wildman–Crippen LogP) is 4.35. The average molecular weight is 356 g/mol. The lowest BCUT2D eigenvalue weighted by molar-refractivity contribution is -0.137. The van der Waals surface area contributed by atoms with Gasteiger partial charge in [0.15, 0.2) is 0 Å². The van der Waals surface area contributed by atoms with Crippen LogP contribution in [0.5, 0.6) is 0 Å². The van der Waals surface area contributed by atoms with Crippen LogP contribution in [0.25, 0.3) is 0 Å². The fourth-order valence-electron chi connectivity index (χ4n) is 1.08. The second kappa shape index (κ2) is 5.75. The van der Waals surface area contributed by atoms with Crippen LogP contribution >= 0.6 is 15.9 Å². The van der Waals surface area contributed by atoms with Crippen LogP contribution in [0.4, 0.5) is 13.2 Å². The molecule has 0 saturated carbocycles. The summed E-state index contributed by atoms with van der Waals surface area (Å²) in [4.78, 5) is 0. The standard InChI is InChI=1S/C12H13BrF3NOS/c1-11(2,3)19(18)17-7-8-6-9(12(14,15)16)4-5-10(8)13/h4-7H,1-3H3/t19-/m1/s1. The third-order valence-electron chi connectivity index (χ3n) is 2.13. The van der Waals surface area contributed by atoms with Crippen molar-refractivity contribution < 1.29 is 17.4 Å². The zero-order valence-electron chi connectivity index (χ0n) is 10.6. The minimum Gasteiger partial charge on any atom is -0.234 e. The zero-order chi connectivity index (χ0) is 14.8. The van der Waals surface area contributed by atoms with Gasteiger partial charge in [-0.25, -0.2) is 4.21 Å². The van der Waals surface area contributed by atoms with Crippen molar-refractivity contribution in [2.45, 2.75) is 31.7 Å². The van der Waals surface area contributed by atoms with Crippen molar-refractivity contribution in [1.29, 1.82) is 0 Å². The molecular formula is C12H13BrF3NOS. The highest BCUT2D eigenvalue weighted by Gasteiger charge is 2.30. The lowest BCUT2D eigenvalue weighted by Crippen LogP contribution is -2.19. The van der Waals surface area contributed by atoms with Gasteiger partial charge in [0.1, 0.15) is 11.0 Å². The molecule has 0 bridgehead atoms. The molecule has 0 spiro atoms. The van der Waals surface area contributed by atoms with Crippen LogP contribution < -0.4 is 0 Å². The van der Waals surface area contributed by atoms with Gasteiger partial charge in [-0.3, -0.25) is 0 Å². The van der Waals surface area contributed by atoms with Crippen molar-refractivity contribution in [1.82, 2.24) is 0 Å². The van der Waals surface area contributed by atoms with E-state index in [2.05, 4.69) is 20.3 Å². The smallest absolute Gasteiger partial charge is 0.234 e.